The second-order valence-corrected chi connectivity index (χ2v) is 6.96. The third-order valence-corrected chi connectivity index (χ3v) is 5.02. The van der Waals surface area contributed by atoms with Gasteiger partial charge in [0.05, 0.1) is 11.7 Å². The molecule has 2 aromatic heterocycles. The van der Waals surface area contributed by atoms with Gasteiger partial charge in [-0.15, -0.1) is 23.1 Å². The molecule has 0 saturated carbocycles. The highest BCUT2D eigenvalue weighted by Gasteiger charge is 2.13. The summed E-state index contributed by atoms with van der Waals surface area (Å²) in [5.41, 5.74) is 5.14. The highest BCUT2D eigenvalue weighted by Crippen LogP contribution is 2.23. The van der Waals surface area contributed by atoms with E-state index in [1.807, 2.05) is 23.3 Å². The Bertz CT molecular complexity index is 673. The zero-order valence-corrected chi connectivity index (χ0v) is 13.5. The van der Waals surface area contributed by atoms with E-state index >= 15 is 0 Å². The van der Waals surface area contributed by atoms with Gasteiger partial charge in [-0.3, -0.25) is 15.7 Å². The van der Waals surface area contributed by atoms with Gasteiger partial charge < -0.3 is 0 Å². The van der Waals surface area contributed by atoms with Crippen LogP contribution in [0.5, 0.6) is 0 Å². The maximum atomic E-state index is 5.73. The minimum absolute atomic E-state index is 0.0790. The number of imidazole rings is 1. The van der Waals surface area contributed by atoms with E-state index in [2.05, 4.69) is 52.2 Å². The molecular weight excluding hydrogens is 300 g/mol. The van der Waals surface area contributed by atoms with Crippen LogP contribution in [0.2, 0.25) is 0 Å². The van der Waals surface area contributed by atoms with Crippen molar-refractivity contribution in [3.8, 4) is 0 Å². The number of hydrazine groups is 1. The molecule has 0 bridgehead atoms. The molecule has 0 spiro atoms. The average Bonchev–Trinajstić information content (AvgIpc) is 3.07. The Hall–Kier alpha value is -1.34. The molecule has 4 nitrogen and oxygen atoms in total. The molecule has 2 heterocycles. The molecule has 3 aromatic rings. The molecule has 6 heteroatoms. The highest BCUT2D eigenvalue weighted by molar-refractivity contribution is 7.99. The monoisotopic (exact) mass is 318 g/mol. The maximum absolute atomic E-state index is 5.73. The number of nitrogens with two attached hydrogens (primary N) is 1. The zero-order chi connectivity index (χ0) is 14.7. The molecule has 1 atom stereocenters. The Morgan fingerprint density at radius 2 is 2.19 bits per heavy atom. The van der Waals surface area contributed by atoms with Gasteiger partial charge in [0.2, 0.25) is 0 Å². The van der Waals surface area contributed by atoms with Gasteiger partial charge in [0, 0.05) is 29.1 Å². The van der Waals surface area contributed by atoms with Crippen molar-refractivity contribution in [2.45, 2.75) is 24.3 Å². The number of nitrogens with one attached hydrogen (secondary N) is 1. The lowest BCUT2D eigenvalue weighted by Crippen LogP contribution is -2.29. The fraction of sp³-hybridized carbons (Fsp3) is 0.267. The van der Waals surface area contributed by atoms with Crippen LogP contribution in [-0.4, -0.2) is 15.1 Å². The summed E-state index contributed by atoms with van der Waals surface area (Å²) in [6.07, 6.45) is 4.88. The molecule has 21 heavy (non-hydrogen) atoms. The van der Waals surface area contributed by atoms with E-state index in [-0.39, 0.29) is 6.04 Å². The molecule has 0 aliphatic carbocycles. The first-order valence-corrected chi connectivity index (χ1v) is 8.76. The number of hydrogen-bond donors (Lipinski definition) is 2. The Labute approximate surface area is 132 Å². The highest BCUT2D eigenvalue weighted by atomic mass is 32.2. The lowest BCUT2D eigenvalue weighted by molar-refractivity contribution is 0.547. The predicted molar refractivity (Wildman–Crippen MR) is 89.7 cm³/mol. The van der Waals surface area contributed by atoms with Crippen molar-refractivity contribution in [2.75, 3.05) is 5.75 Å². The van der Waals surface area contributed by atoms with E-state index in [0.717, 1.165) is 22.8 Å². The molecule has 0 radical (unpaired) electrons. The Kier molecular flexibility index (Phi) is 4.60. The summed E-state index contributed by atoms with van der Waals surface area (Å²) in [5, 5.41) is 2.04. The van der Waals surface area contributed by atoms with Crippen LogP contribution in [0.3, 0.4) is 0 Å². The van der Waals surface area contributed by atoms with Crippen LogP contribution in [0.1, 0.15) is 24.2 Å². The lowest BCUT2D eigenvalue weighted by Gasteiger charge is -2.15. The van der Waals surface area contributed by atoms with Gasteiger partial charge in [-0.25, -0.2) is 4.98 Å². The third-order valence-electron chi connectivity index (χ3n) is 3.35. The fourth-order valence-corrected chi connectivity index (χ4v) is 3.70. The van der Waals surface area contributed by atoms with Gasteiger partial charge in [0.1, 0.15) is 0 Å². The maximum Gasteiger partial charge on any atom is 0.193 e. The second-order valence-electron chi connectivity index (χ2n) is 4.75. The fourth-order valence-electron chi connectivity index (χ4n) is 2.32. The van der Waals surface area contributed by atoms with E-state index in [0.29, 0.717) is 0 Å². The van der Waals surface area contributed by atoms with E-state index < -0.39 is 0 Å². The van der Waals surface area contributed by atoms with E-state index in [4.69, 9.17) is 5.84 Å². The largest absolute Gasteiger partial charge is 0.297 e. The van der Waals surface area contributed by atoms with Crippen LogP contribution < -0.4 is 11.3 Å². The molecule has 0 aliphatic heterocycles. The topological polar surface area (TPSA) is 55.3 Å². The van der Waals surface area contributed by atoms with E-state index in [1.165, 1.54) is 10.5 Å². The Morgan fingerprint density at radius 3 is 2.86 bits per heavy atom. The number of benzene rings is 1. The van der Waals surface area contributed by atoms with Crippen molar-refractivity contribution in [1.29, 1.82) is 0 Å². The number of hydrogen-bond acceptors (Lipinski definition) is 5. The summed E-state index contributed by atoms with van der Waals surface area (Å²) in [6.45, 7) is 2.16. The number of thioether (sulfide) groups is 1. The summed E-state index contributed by atoms with van der Waals surface area (Å²) in [4.78, 5) is 6.93. The van der Waals surface area contributed by atoms with Gasteiger partial charge in [-0.2, -0.15) is 0 Å². The molecule has 3 N–H and O–H groups in total. The van der Waals surface area contributed by atoms with Crippen molar-refractivity contribution in [3.05, 3.63) is 53.3 Å². The van der Waals surface area contributed by atoms with Gasteiger partial charge in [0.25, 0.3) is 0 Å². The van der Waals surface area contributed by atoms with Gasteiger partial charge in [0.15, 0.2) is 4.96 Å². The number of nitrogens with zero attached hydrogens (tertiary/aromatic N) is 2. The van der Waals surface area contributed by atoms with Crippen LogP contribution in [-0.2, 0) is 6.42 Å². The smallest absolute Gasteiger partial charge is 0.193 e. The van der Waals surface area contributed by atoms with Crippen molar-refractivity contribution in [1.82, 2.24) is 14.8 Å². The average molecular weight is 318 g/mol. The number of fused-ring (bicyclic) bond motifs is 1. The van der Waals surface area contributed by atoms with Crippen LogP contribution >= 0.6 is 23.1 Å². The summed E-state index contributed by atoms with van der Waals surface area (Å²) in [6, 6.07) is 8.66. The van der Waals surface area contributed by atoms with E-state index in [1.54, 1.807) is 11.3 Å². The van der Waals surface area contributed by atoms with Crippen LogP contribution in [0.15, 0.2) is 46.9 Å². The van der Waals surface area contributed by atoms with Crippen LogP contribution in [0, 0.1) is 0 Å². The molecule has 0 fully saturated rings. The Balaban J connectivity index is 1.76. The quantitative estimate of drug-likeness (QED) is 0.416. The number of rotatable bonds is 6. The standard InChI is InChI=1S/C15H18N4S2/c1-2-20-13-5-3-11(4-6-13)14(18-16)9-12-10-19-7-8-21-15(19)17-12/h3-8,10,14,18H,2,9,16H2,1H3. The Morgan fingerprint density at radius 1 is 1.38 bits per heavy atom. The summed E-state index contributed by atoms with van der Waals surface area (Å²) >= 11 is 3.49. The second kappa shape index (κ2) is 6.62. The summed E-state index contributed by atoms with van der Waals surface area (Å²) in [5.74, 6) is 6.82. The SMILES string of the molecule is CCSc1ccc(C(Cc2cn3ccsc3n2)NN)cc1. The minimum atomic E-state index is 0.0790. The molecule has 110 valence electrons. The summed E-state index contributed by atoms with van der Waals surface area (Å²) < 4.78 is 2.05. The molecule has 1 unspecified atom stereocenters. The first-order valence-electron chi connectivity index (χ1n) is 6.90. The van der Waals surface area contributed by atoms with Crippen molar-refractivity contribution in [3.63, 3.8) is 0 Å². The van der Waals surface area contributed by atoms with Gasteiger partial charge in [-0.05, 0) is 23.4 Å². The van der Waals surface area contributed by atoms with Crippen molar-refractivity contribution in [2.24, 2.45) is 5.84 Å². The lowest BCUT2D eigenvalue weighted by atomic mass is 10.0. The van der Waals surface area contributed by atoms with Gasteiger partial charge in [-0.1, -0.05) is 19.1 Å². The summed E-state index contributed by atoms with van der Waals surface area (Å²) in [7, 11) is 0. The molecule has 3 rings (SSSR count). The molecule has 0 aliphatic rings. The predicted octanol–water partition coefficient (Wildman–Crippen LogP) is 3.25. The third kappa shape index (κ3) is 3.29. The molecule has 0 amide bonds. The zero-order valence-electron chi connectivity index (χ0n) is 11.8. The first kappa shape index (κ1) is 14.6. The van der Waals surface area contributed by atoms with E-state index in [9.17, 15) is 0 Å². The molecule has 0 saturated heterocycles. The number of aromatic nitrogens is 2. The van der Waals surface area contributed by atoms with Crippen molar-refractivity contribution >= 4 is 28.1 Å². The van der Waals surface area contributed by atoms with Crippen LogP contribution in [0.4, 0.5) is 0 Å². The normalized spacial score (nSPS) is 12.9. The minimum Gasteiger partial charge on any atom is -0.297 e. The molecule has 1 aromatic carbocycles. The van der Waals surface area contributed by atoms with Crippen LogP contribution in [0.25, 0.3) is 4.96 Å². The van der Waals surface area contributed by atoms with Crippen molar-refractivity contribution < 1.29 is 0 Å². The first-order chi connectivity index (χ1) is 10.3. The molecular formula is C15H18N4S2. The number of thiazole rings is 1. The van der Waals surface area contributed by atoms with Gasteiger partial charge >= 0.3 is 0 Å².